The first-order valence-electron chi connectivity index (χ1n) is 4.91. The first-order valence-corrected chi connectivity index (χ1v) is 6.65. The third-order valence-corrected chi connectivity index (χ3v) is 3.96. The van der Waals surface area contributed by atoms with Crippen LogP contribution in [0.1, 0.15) is 0 Å². The number of methoxy groups -OCH3 is 1. The zero-order valence-corrected chi connectivity index (χ0v) is 11.8. The summed E-state index contributed by atoms with van der Waals surface area (Å²) >= 11 is 13.4. The molecular formula is C11H13Cl2NO2S. The Hall–Kier alpha value is -0.420. The number of nitrogens with one attached hydrogen (secondary N) is 1. The van der Waals surface area contributed by atoms with Crippen LogP contribution in [-0.4, -0.2) is 31.9 Å². The van der Waals surface area contributed by atoms with Crippen LogP contribution in [0.25, 0.3) is 0 Å². The molecule has 0 fully saturated rings. The molecule has 0 bridgehead atoms. The van der Waals surface area contributed by atoms with Crippen LogP contribution in [0.2, 0.25) is 10.0 Å². The van der Waals surface area contributed by atoms with Crippen molar-refractivity contribution in [2.24, 2.45) is 0 Å². The van der Waals surface area contributed by atoms with Gasteiger partial charge in [0.25, 0.3) is 0 Å². The average molecular weight is 294 g/mol. The van der Waals surface area contributed by atoms with Gasteiger partial charge in [0.15, 0.2) is 0 Å². The summed E-state index contributed by atoms with van der Waals surface area (Å²) < 4.78 is 4.67. The van der Waals surface area contributed by atoms with Crippen molar-refractivity contribution in [2.45, 2.75) is 10.9 Å². The molecule has 0 radical (unpaired) electrons. The highest BCUT2D eigenvalue weighted by Gasteiger charge is 2.17. The van der Waals surface area contributed by atoms with Crippen LogP contribution in [0.3, 0.4) is 0 Å². The van der Waals surface area contributed by atoms with E-state index in [9.17, 15) is 4.79 Å². The fraction of sp³-hybridized carbons (Fsp3) is 0.364. The Morgan fingerprint density at radius 1 is 1.53 bits per heavy atom. The molecular weight excluding hydrogens is 281 g/mol. The van der Waals surface area contributed by atoms with Crippen LogP contribution in [0, 0.1) is 0 Å². The lowest BCUT2D eigenvalue weighted by molar-refractivity contribution is -0.142. The predicted octanol–water partition coefficient (Wildman–Crippen LogP) is 2.85. The molecule has 1 unspecified atom stereocenters. The molecule has 0 spiro atoms. The maximum atomic E-state index is 11.4. The molecule has 0 aliphatic carbocycles. The molecule has 0 amide bonds. The minimum absolute atomic E-state index is 0.293. The molecule has 0 saturated carbocycles. The zero-order valence-electron chi connectivity index (χ0n) is 9.50. The molecule has 1 rings (SSSR count). The van der Waals surface area contributed by atoms with Gasteiger partial charge in [-0.2, -0.15) is 0 Å². The Morgan fingerprint density at radius 3 is 2.82 bits per heavy atom. The molecule has 17 heavy (non-hydrogen) atoms. The molecule has 0 aliphatic heterocycles. The first-order chi connectivity index (χ1) is 8.08. The fourth-order valence-corrected chi connectivity index (χ4v) is 2.76. The van der Waals surface area contributed by atoms with E-state index in [0.29, 0.717) is 15.8 Å². The summed E-state index contributed by atoms with van der Waals surface area (Å²) in [4.78, 5) is 12.2. The van der Waals surface area contributed by atoms with Gasteiger partial charge in [-0.3, -0.25) is 4.79 Å². The van der Waals surface area contributed by atoms with Crippen LogP contribution in [0.4, 0.5) is 0 Å². The number of likely N-dealkylation sites (N-methyl/N-ethyl adjacent to an activating group) is 1. The molecule has 3 nitrogen and oxygen atoms in total. The largest absolute Gasteiger partial charge is 0.468 e. The standard InChI is InChI=1S/C11H13Cl2NO2S/c1-14-9(11(15)16-2)6-17-10-5-7(12)3-4-8(10)13/h3-5,9,14H,6H2,1-2H3. The predicted molar refractivity (Wildman–Crippen MR) is 72.0 cm³/mol. The summed E-state index contributed by atoms with van der Waals surface area (Å²) in [6.45, 7) is 0. The Bertz CT molecular complexity index is 401. The van der Waals surface area contributed by atoms with Crippen LogP contribution in [0.15, 0.2) is 23.1 Å². The monoisotopic (exact) mass is 293 g/mol. The van der Waals surface area contributed by atoms with E-state index < -0.39 is 0 Å². The zero-order chi connectivity index (χ0) is 12.8. The van der Waals surface area contributed by atoms with Gasteiger partial charge in [-0.15, -0.1) is 11.8 Å². The summed E-state index contributed by atoms with van der Waals surface area (Å²) in [6, 6.07) is 4.88. The van der Waals surface area contributed by atoms with Crippen molar-refractivity contribution in [3.8, 4) is 0 Å². The van der Waals surface area contributed by atoms with Gasteiger partial charge in [-0.05, 0) is 25.2 Å². The highest BCUT2D eigenvalue weighted by Crippen LogP contribution is 2.30. The quantitative estimate of drug-likeness (QED) is 0.669. The number of carbonyl (C=O) groups is 1. The van der Waals surface area contributed by atoms with Crippen molar-refractivity contribution in [3.63, 3.8) is 0 Å². The van der Waals surface area contributed by atoms with E-state index >= 15 is 0 Å². The van der Waals surface area contributed by atoms with Crippen molar-refractivity contribution in [1.82, 2.24) is 5.32 Å². The summed E-state index contributed by atoms with van der Waals surface area (Å²) in [5.41, 5.74) is 0. The second-order valence-electron chi connectivity index (χ2n) is 3.25. The molecule has 1 atom stereocenters. The van der Waals surface area contributed by atoms with E-state index in [-0.39, 0.29) is 12.0 Å². The topological polar surface area (TPSA) is 38.3 Å². The first kappa shape index (κ1) is 14.6. The van der Waals surface area contributed by atoms with Gasteiger partial charge >= 0.3 is 5.97 Å². The lowest BCUT2D eigenvalue weighted by Crippen LogP contribution is -2.37. The molecule has 6 heteroatoms. The Labute approximate surface area is 115 Å². The SMILES string of the molecule is CNC(CSc1cc(Cl)ccc1Cl)C(=O)OC. The lowest BCUT2D eigenvalue weighted by Gasteiger charge is -2.13. The minimum atomic E-state index is -0.361. The van der Waals surface area contributed by atoms with E-state index in [1.165, 1.54) is 18.9 Å². The van der Waals surface area contributed by atoms with E-state index in [1.807, 2.05) is 0 Å². The molecule has 0 saturated heterocycles. The smallest absolute Gasteiger partial charge is 0.323 e. The molecule has 0 heterocycles. The van der Waals surface area contributed by atoms with Gasteiger partial charge in [0.2, 0.25) is 0 Å². The molecule has 1 aromatic rings. The van der Waals surface area contributed by atoms with Crippen LogP contribution in [-0.2, 0) is 9.53 Å². The summed E-state index contributed by atoms with van der Waals surface area (Å²) in [7, 11) is 3.07. The molecule has 0 aromatic heterocycles. The highest BCUT2D eigenvalue weighted by molar-refractivity contribution is 7.99. The minimum Gasteiger partial charge on any atom is -0.468 e. The highest BCUT2D eigenvalue weighted by atomic mass is 35.5. The van der Waals surface area contributed by atoms with Crippen LogP contribution >= 0.6 is 35.0 Å². The number of ether oxygens (including phenoxy) is 1. The maximum absolute atomic E-state index is 11.4. The molecule has 1 N–H and O–H groups in total. The normalized spacial score (nSPS) is 12.2. The third kappa shape index (κ3) is 4.39. The van der Waals surface area contributed by atoms with Gasteiger partial charge in [0, 0.05) is 15.7 Å². The van der Waals surface area contributed by atoms with Crippen molar-refractivity contribution in [2.75, 3.05) is 19.9 Å². The maximum Gasteiger partial charge on any atom is 0.323 e. The molecule has 0 aliphatic rings. The van der Waals surface area contributed by atoms with Crippen molar-refractivity contribution in [3.05, 3.63) is 28.2 Å². The second-order valence-corrected chi connectivity index (χ2v) is 5.16. The number of halogens is 2. The van der Waals surface area contributed by atoms with Crippen molar-refractivity contribution >= 4 is 40.9 Å². The third-order valence-electron chi connectivity index (χ3n) is 2.13. The van der Waals surface area contributed by atoms with Crippen LogP contribution < -0.4 is 5.32 Å². The Balaban J connectivity index is 2.65. The molecule has 1 aromatic carbocycles. The number of hydrogen-bond acceptors (Lipinski definition) is 4. The summed E-state index contributed by atoms with van der Waals surface area (Å²) in [6.07, 6.45) is 0. The van der Waals surface area contributed by atoms with E-state index in [4.69, 9.17) is 23.2 Å². The van der Waals surface area contributed by atoms with Crippen molar-refractivity contribution in [1.29, 1.82) is 0 Å². The van der Waals surface area contributed by atoms with Gasteiger partial charge in [-0.25, -0.2) is 0 Å². The fourth-order valence-electron chi connectivity index (χ4n) is 1.17. The Morgan fingerprint density at radius 2 is 2.24 bits per heavy atom. The lowest BCUT2D eigenvalue weighted by atomic mass is 10.3. The second kappa shape index (κ2) is 7.11. The Kier molecular flexibility index (Phi) is 6.12. The number of thioether (sulfide) groups is 1. The van der Waals surface area contributed by atoms with Crippen molar-refractivity contribution < 1.29 is 9.53 Å². The average Bonchev–Trinajstić information content (AvgIpc) is 2.33. The van der Waals surface area contributed by atoms with E-state index in [1.54, 1.807) is 25.2 Å². The van der Waals surface area contributed by atoms with Gasteiger partial charge in [-0.1, -0.05) is 23.2 Å². The van der Waals surface area contributed by atoms with E-state index in [0.717, 1.165) is 4.90 Å². The number of rotatable bonds is 5. The number of carbonyl (C=O) groups excluding carboxylic acids is 1. The summed E-state index contributed by atoms with van der Waals surface area (Å²) in [5.74, 6) is 0.238. The number of hydrogen-bond donors (Lipinski definition) is 1. The molecule has 94 valence electrons. The van der Waals surface area contributed by atoms with Gasteiger partial charge < -0.3 is 10.1 Å². The van der Waals surface area contributed by atoms with Crippen LogP contribution in [0.5, 0.6) is 0 Å². The number of esters is 1. The van der Waals surface area contributed by atoms with Gasteiger partial charge in [0.05, 0.1) is 12.1 Å². The van der Waals surface area contributed by atoms with E-state index in [2.05, 4.69) is 10.1 Å². The summed E-state index contributed by atoms with van der Waals surface area (Å²) in [5, 5.41) is 4.13. The van der Waals surface area contributed by atoms with Gasteiger partial charge in [0.1, 0.15) is 6.04 Å². The number of benzene rings is 1.